The van der Waals surface area contributed by atoms with E-state index in [-0.39, 0.29) is 24.0 Å². The van der Waals surface area contributed by atoms with Crippen LogP contribution in [0.4, 0.5) is 0 Å². The highest BCUT2D eigenvalue weighted by atomic mass is 127. The van der Waals surface area contributed by atoms with E-state index in [0.717, 1.165) is 44.9 Å². The Labute approximate surface area is 186 Å². The molecule has 1 aliphatic rings. The third-order valence-corrected chi connectivity index (χ3v) is 4.52. The second-order valence-electron chi connectivity index (χ2n) is 6.77. The van der Waals surface area contributed by atoms with Gasteiger partial charge in [-0.25, -0.2) is 0 Å². The first-order valence-corrected chi connectivity index (χ1v) is 10.2. The molecule has 28 heavy (non-hydrogen) atoms. The predicted octanol–water partition coefficient (Wildman–Crippen LogP) is 3.17. The second kappa shape index (κ2) is 15.6. The number of halogens is 1. The van der Waals surface area contributed by atoms with Gasteiger partial charge in [0.1, 0.15) is 0 Å². The van der Waals surface area contributed by atoms with Crippen LogP contribution in [0.3, 0.4) is 0 Å². The van der Waals surface area contributed by atoms with Crippen molar-refractivity contribution in [2.45, 2.75) is 45.6 Å². The van der Waals surface area contributed by atoms with Gasteiger partial charge in [0.15, 0.2) is 5.96 Å². The molecule has 1 heterocycles. The Hall–Kier alpha value is -1.35. The molecule has 0 aromatic heterocycles. The highest BCUT2D eigenvalue weighted by Crippen LogP contribution is 2.11. The van der Waals surface area contributed by atoms with Crippen LogP contribution in [-0.4, -0.2) is 56.1 Å². The number of guanidine groups is 1. The van der Waals surface area contributed by atoms with Gasteiger partial charge in [0, 0.05) is 39.1 Å². The third kappa shape index (κ3) is 10.3. The van der Waals surface area contributed by atoms with Gasteiger partial charge in [-0.15, -0.1) is 24.0 Å². The minimum absolute atomic E-state index is 0. The Morgan fingerprint density at radius 2 is 2.00 bits per heavy atom. The van der Waals surface area contributed by atoms with Gasteiger partial charge >= 0.3 is 0 Å². The number of hydrogen-bond donors (Lipinski definition) is 2. The van der Waals surface area contributed by atoms with Crippen molar-refractivity contribution in [3.05, 3.63) is 35.9 Å². The molecule has 158 valence electrons. The summed E-state index contributed by atoms with van der Waals surface area (Å²) >= 11 is 0. The number of nitrogens with zero attached hydrogens (tertiary/aromatic N) is 2. The summed E-state index contributed by atoms with van der Waals surface area (Å²) in [6.07, 6.45) is 4.93. The monoisotopic (exact) mass is 502 g/mol. The molecule has 0 spiro atoms. The Morgan fingerprint density at radius 1 is 1.18 bits per heavy atom. The van der Waals surface area contributed by atoms with Crippen molar-refractivity contribution in [3.63, 3.8) is 0 Å². The predicted molar refractivity (Wildman–Crippen MR) is 125 cm³/mol. The lowest BCUT2D eigenvalue weighted by Crippen LogP contribution is -2.39. The van der Waals surface area contributed by atoms with Crippen molar-refractivity contribution >= 4 is 35.8 Å². The molecular formula is C21H35IN4O2. The molecule has 0 atom stereocenters. The topological polar surface area (TPSA) is 66.0 Å². The number of aliphatic imine (C=N–C) groups is 1. The van der Waals surface area contributed by atoms with Crippen molar-refractivity contribution in [1.82, 2.24) is 15.5 Å². The first kappa shape index (κ1) is 24.7. The van der Waals surface area contributed by atoms with Crippen LogP contribution in [0.1, 0.15) is 44.6 Å². The minimum Gasteiger partial charge on any atom is -0.375 e. The van der Waals surface area contributed by atoms with E-state index in [9.17, 15) is 4.79 Å². The maximum Gasteiger partial charge on any atom is 0.222 e. The molecule has 2 N–H and O–H groups in total. The number of carbonyl (C=O) groups excluding carboxylic acids is 1. The van der Waals surface area contributed by atoms with Crippen LogP contribution in [-0.2, 0) is 16.1 Å². The number of carbonyl (C=O) groups is 1. The minimum atomic E-state index is 0. The van der Waals surface area contributed by atoms with Crippen LogP contribution in [0.5, 0.6) is 0 Å². The van der Waals surface area contributed by atoms with Crippen molar-refractivity contribution in [2.75, 3.05) is 39.3 Å². The van der Waals surface area contributed by atoms with Crippen molar-refractivity contribution in [3.8, 4) is 0 Å². The number of likely N-dealkylation sites (tertiary alicyclic amines) is 1. The Kier molecular flexibility index (Phi) is 13.7. The number of nitrogens with one attached hydrogen (secondary N) is 2. The SMILES string of the molecule is CCNC(=NCCCN1CCCCCC1=O)NCCOCc1ccccc1.I. The molecule has 1 saturated heterocycles. The zero-order chi connectivity index (χ0) is 19.2. The Balaban J connectivity index is 0.00000392. The quantitative estimate of drug-likeness (QED) is 0.223. The van der Waals surface area contributed by atoms with Gasteiger partial charge in [0.05, 0.1) is 13.2 Å². The van der Waals surface area contributed by atoms with Crippen LogP contribution in [0, 0.1) is 0 Å². The molecule has 0 bridgehead atoms. The lowest BCUT2D eigenvalue weighted by atomic mass is 10.2. The number of hydrogen-bond acceptors (Lipinski definition) is 3. The van der Waals surface area contributed by atoms with Crippen LogP contribution >= 0.6 is 24.0 Å². The molecule has 1 fully saturated rings. The molecule has 0 aliphatic carbocycles. The molecule has 1 aromatic rings. The van der Waals surface area contributed by atoms with Gasteiger partial charge in [-0.2, -0.15) is 0 Å². The summed E-state index contributed by atoms with van der Waals surface area (Å²) in [5.74, 6) is 1.11. The molecular weight excluding hydrogens is 467 g/mol. The summed E-state index contributed by atoms with van der Waals surface area (Å²) in [6, 6.07) is 10.2. The van der Waals surface area contributed by atoms with Crippen LogP contribution in [0.15, 0.2) is 35.3 Å². The van der Waals surface area contributed by atoms with E-state index in [4.69, 9.17) is 4.74 Å². The van der Waals surface area contributed by atoms with Gasteiger partial charge in [0.25, 0.3) is 0 Å². The summed E-state index contributed by atoms with van der Waals surface area (Å²) in [5, 5.41) is 6.55. The normalized spacial score (nSPS) is 15.0. The van der Waals surface area contributed by atoms with E-state index in [1.165, 1.54) is 12.0 Å². The highest BCUT2D eigenvalue weighted by Gasteiger charge is 2.15. The number of amides is 1. The molecule has 1 aliphatic heterocycles. The fourth-order valence-electron chi connectivity index (χ4n) is 3.08. The first-order chi connectivity index (χ1) is 13.3. The van der Waals surface area contributed by atoms with Gasteiger partial charge in [-0.05, 0) is 31.7 Å². The van der Waals surface area contributed by atoms with E-state index in [0.29, 0.717) is 38.6 Å². The zero-order valence-corrected chi connectivity index (χ0v) is 19.3. The molecule has 1 aromatic carbocycles. The standard InChI is InChI=1S/C21H34N4O2.HI/c1-2-22-21(24-14-17-27-18-19-10-5-3-6-11-19)23-13-9-16-25-15-8-4-7-12-20(25)26;/h3,5-6,10-11H,2,4,7-9,12-18H2,1H3,(H2,22,23,24);1H. The molecule has 2 rings (SSSR count). The summed E-state index contributed by atoms with van der Waals surface area (Å²) in [5.41, 5.74) is 1.18. The molecule has 1 amide bonds. The number of rotatable bonds is 10. The fraction of sp³-hybridized carbons (Fsp3) is 0.619. The lowest BCUT2D eigenvalue weighted by molar-refractivity contribution is -0.130. The lowest BCUT2D eigenvalue weighted by Gasteiger charge is -2.20. The Morgan fingerprint density at radius 3 is 2.79 bits per heavy atom. The summed E-state index contributed by atoms with van der Waals surface area (Å²) in [7, 11) is 0. The van der Waals surface area contributed by atoms with E-state index < -0.39 is 0 Å². The van der Waals surface area contributed by atoms with Gasteiger partial charge < -0.3 is 20.3 Å². The van der Waals surface area contributed by atoms with Crippen molar-refractivity contribution in [2.24, 2.45) is 4.99 Å². The van der Waals surface area contributed by atoms with Crippen molar-refractivity contribution < 1.29 is 9.53 Å². The van der Waals surface area contributed by atoms with E-state index in [1.807, 2.05) is 23.1 Å². The van der Waals surface area contributed by atoms with Crippen LogP contribution in [0.25, 0.3) is 0 Å². The van der Waals surface area contributed by atoms with Crippen LogP contribution in [0.2, 0.25) is 0 Å². The second-order valence-corrected chi connectivity index (χ2v) is 6.77. The van der Waals surface area contributed by atoms with E-state index >= 15 is 0 Å². The van der Waals surface area contributed by atoms with Crippen molar-refractivity contribution in [1.29, 1.82) is 0 Å². The summed E-state index contributed by atoms with van der Waals surface area (Å²) < 4.78 is 5.69. The molecule has 0 saturated carbocycles. The number of benzene rings is 1. The molecule has 0 radical (unpaired) electrons. The van der Waals surface area contributed by atoms with Gasteiger partial charge in [-0.1, -0.05) is 36.8 Å². The average Bonchev–Trinajstić information content (AvgIpc) is 2.90. The van der Waals surface area contributed by atoms with E-state index in [1.54, 1.807) is 0 Å². The van der Waals surface area contributed by atoms with Crippen LogP contribution < -0.4 is 10.6 Å². The van der Waals surface area contributed by atoms with Gasteiger partial charge in [0.2, 0.25) is 5.91 Å². The maximum atomic E-state index is 12.0. The van der Waals surface area contributed by atoms with E-state index in [2.05, 4.69) is 34.7 Å². The average molecular weight is 502 g/mol. The Bertz CT molecular complexity index is 569. The zero-order valence-electron chi connectivity index (χ0n) is 17.0. The largest absolute Gasteiger partial charge is 0.375 e. The molecule has 7 heteroatoms. The fourth-order valence-corrected chi connectivity index (χ4v) is 3.08. The summed E-state index contributed by atoms with van der Waals surface area (Å²) in [6.45, 7) is 7.26. The third-order valence-electron chi connectivity index (χ3n) is 4.52. The summed E-state index contributed by atoms with van der Waals surface area (Å²) in [4.78, 5) is 18.6. The van der Waals surface area contributed by atoms with Gasteiger partial charge in [-0.3, -0.25) is 9.79 Å². The first-order valence-electron chi connectivity index (χ1n) is 10.2. The highest BCUT2D eigenvalue weighted by molar-refractivity contribution is 14.0. The smallest absolute Gasteiger partial charge is 0.222 e. The molecule has 0 unspecified atom stereocenters. The molecule has 6 nitrogen and oxygen atoms in total. The maximum absolute atomic E-state index is 12.0. The number of ether oxygens (including phenoxy) is 1.